The van der Waals surface area contributed by atoms with E-state index in [9.17, 15) is 4.79 Å². The lowest BCUT2D eigenvalue weighted by molar-refractivity contribution is -0.120. The summed E-state index contributed by atoms with van der Waals surface area (Å²) in [5.41, 5.74) is 6.56. The third-order valence-electron chi connectivity index (χ3n) is 3.33. The monoisotopic (exact) mass is 298 g/mol. The number of carbonyl (C=O) groups is 1. The van der Waals surface area contributed by atoms with E-state index in [0.29, 0.717) is 5.69 Å². The van der Waals surface area contributed by atoms with Gasteiger partial charge in [-0.3, -0.25) is 4.79 Å². The largest absolute Gasteiger partial charge is 0.491 e. The first kappa shape index (κ1) is 16.0. The lowest BCUT2D eigenvalue weighted by Gasteiger charge is -2.24. The maximum atomic E-state index is 12.4. The predicted molar refractivity (Wildman–Crippen MR) is 88.8 cm³/mol. The first-order valence-corrected chi connectivity index (χ1v) is 7.32. The molecule has 22 heavy (non-hydrogen) atoms. The summed E-state index contributed by atoms with van der Waals surface area (Å²) in [5.74, 6) is 0.516. The molecule has 0 heterocycles. The first-order valence-electron chi connectivity index (χ1n) is 7.32. The second-order valence-corrected chi connectivity index (χ2v) is 5.71. The van der Waals surface area contributed by atoms with E-state index in [-0.39, 0.29) is 12.0 Å². The van der Waals surface area contributed by atoms with Gasteiger partial charge in [-0.05, 0) is 50.6 Å². The summed E-state index contributed by atoms with van der Waals surface area (Å²) in [6.45, 7) is 5.64. The number of benzene rings is 2. The molecule has 0 aromatic heterocycles. The molecule has 2 aromatic rings. The van der Waals surface area contributed by atoms with Crippen LogP contribution in [0.1, 0.15) is 26.3 Å². The summed E-state index contributed by atoms with van der Waals surface area (Å²) in [7, 11) is 0. The molecule has 1 atom stereocenters. The molecule has 0 radical (unpaired) electrons. The SMILES string of the molecule is CC(C)Oc1ccc(NC(=O)C(C)(N)c2ccccc2)cc1. The number of hydrogen-bond acceptors (Lipinski definition) is 3. The zero-order chi connectivity index (χ0) is 16.2. The van der Waals surface area contributed by atoms with Crippen LogP contribution in [0.15, 0.2) is 54.6 Å². The first-order chi connectivity index (χ1) is 10.4. The fourth-order valence-corrected chi connectivity index (χ4v) is 2.07. The fourth-order valence-electron chi connectivity index (χ4n) is 2.07. The highest BCUT2D eigenvalue weighted by atomic mass is 16.5. The molecule has 0 saturated heterocycles. The van der Waals surface area contributed by atoms with Crippen molar-refractivity contribution in [2.24, 2.45) is 5.73 Å². The highest BCUT2D eigenvalue weighted by molar-refractivity contribution is 5.98. The van der Waals surface area contributed by atoms with Crippen LogP contribution < -0.4 is 15.8 Å². The molecule has 4 heteroatoms. The van der Waals surface area contributed by atoms with Gasteiger partial charge in [-0.1, -0.05) is 30.3 Å². The Hall–Kier alpha value is -2.33. The van der Waals surface area contributed by atoms with Crippen LogP contribution >= 0.6 is 0 Å². The van der Waals surface area contributed by atoms with Crippen LogP contribution in [0.4, 0.5) is 5.69 Å². The third kappa shape index (κ3) is 3.86. The van der Waals surface area contributed by atoms with Crippen LogP contribution in [0.5, 0.6) is 5.75 Å². The number of hydrogen-bond donors (Lipinski definition) is 2. The van der Waals surface area contributed by atoms with Crippen LogP contribution in [-0.4, -0.2) is 12.0 Å². The number of nitrogens with one attached hydrogen (secondary N) is 1. The quantitative estimate of drug-likeness (QED) is 0.890. The Bertz CT molecular complexity index is 619. The van der Waals surface area contributed by atoms with Gasteiger partial charge in [0.25, 0.3) is 0 Å². The zero-order valence-electron chi connectivity index (χ0n) is 13.2. The van der Waals surface area contributed by atoms with E-state index in [4.69, 9.17) is 10.5 Å². The number of ether oxygens (including phenoxy) is 1. The van der Waals surface area contributed by atoms with Crippen molar-refractivity contribution in [3.8, 4) is 5.75 Å². The van der Waals surface area contributed by atoms with E-state index >= 15 is 0 Å². The van der Waals surface area contributed by atoms with E-state index < -0.39 is 5.54 Å². The molecule has 0 aliphatic carbocycles. The van der Waals surface area contributed by atoms with E-state index in [1.807, 2.05) is 56.3 Å². The Morgan fingerprint density at radius 2 is 1.68 bits per heavy atom. The highest BCUT2D eigenvalue weighted by Gasteiger charge is 2.30. The molecule has 0 aliphatic heterocycles. The number of rotatable bonds is 5. The average molecular weight is 298 g/mol. The van der Waals surface area contributed by atoms with Gasteiger partial charge in [-0.15, -0.1) is 0 Å². The van der Waals surface area contributed by atoms with Gasteiger partial charge in [-0.2, -0.15) is 0 Å². The van der Waals surface area contributed by atoms with E-state index in [1.165, 1.54) is 0 Å². The molecule has 4 nitrogen and oxygen atoms in total. The van der Waals surface area contributed by atoms with Crippen LogP contribution in [0.2, 0.25) is 0 Å². The molecule has 0 saturated carbocycles. The second-order valence-electron chi connectivity index (χ2n) is 5.71. The van der Waals surface area contributed by atoms with Crippen molar-refractivity contribution in [2.75, 3.05) is 5.32 Å². The summed E-state index contributed by atoms with van der Waals surface area (Å²) in [6.07, 6.45) is 0.117. The topological polar surface area (TPSA) is 64.3 Å². The molecule has 0 fully saturated rings. The summed E-state index contributed by atoms with van der Waals surface area (Å²) in [4.78, 5) is 12.4. The molecule has 2 aromatic carbocycles. The Morgan fingerprint density at radius 1 is 1.09 bits per heavy atom. The Kier molecular flexibility index (Phi) is 4.83. The summed E-state index contributed by atoms with van der Waals surface area (Å²) in [5, 5.41) is 2.84. The number of anilines is 1. The van der Waals surface area contributed by atoms with Crippen molar-refractivity contribution in [3.05, 3.63) is 60.2 Å². The minimum atomic E-state index is -1.09. The van der Waals surface area contributed by atoms with Crippen LogP contribution in [0.25, 0.3) is 0 Å². The number of nitrogens with two attached hydrogens (primary N) is 1. The number of carbonyl (C=O) groups excluding carboxylic acids is 1. The summed E-state index contributed by atoms with van der Waals surface area (Å²) >= 11 is 0. The van der Waals surface area contributed by atoms with Gasteiger partial charge >= 0.3 is 0 Å². The lowest BCUT2D eigenvalue weighted by Crippen LogP contribution is -2.45. The van der Waals surface area contributed by atoms with Crippen LogP contribution in [-0.2, 0) is 10.3 Å². The molecular formula is C18H22N2O2. The molecular weight excluding hydrogens is 276 g/mol. The van der Waals surface area contributed by atoms with Crippen molar-refractivity contribution < 1.29 is 9.53 Å². The van der Waals surface area contributed by atoms with Gasteiger partial charge in [0.15, 0.2) is 0 Å². The molecule has 3 N–H and O–H groups in total. The van der Waals surface area contributed by atoms with Gasteiger partial charge in [0, 0.05) is 5.69 Å². The van der Waals surface area contributed by atoms with Crippen molar-refractivity contribution in [1.29, 1.82) is 0 Å². The van der Waals surface area contributed by atoms with Crippen molar-refractivity contribution in [1.82, 2.24) is 0 Å². The summed E-state index contributed by atoms with van der Waals surface area (Å²) in [6, 6.07) is 16.6. The van der Waals surface area contributed by atoms with Crippen LogP contribution in [0.3, 0.4) is 0 Å². The predicted octanol–water partition coefficient (Wildman–Crippen LogP) is 3.29. The average Bonchev–Trinajstić information content (AvgIpc) is 2.49. The molecule has 1 amide bonds. The third-order valence-corrected chi connectivity index (χ3v) is 3.33. The molecule has 1 unspecified atom stereocenters. The van der Waals surface area contributed by atoms with Gasteiger partial charge in [0.2, 0.25) is 5.91 Å². The smallest absolute Gasteiger partial charge is 0.248 e. The maximum absolute atomic E-state index is 12.4. The fraction of sp³-hybridized carbons (Fsp3) is 0.278. The molecule has 0 spiro atoms. The van der Waals surface area contributed by atoms with Gasteiger partial charge < -0.3 is 15.8 Å². The minimum absolute atomic E-state index is 0.117. The van der Waals surface area contributed by atoms with Gasteiger partial charge in [0.05, 0.1) is 6.10 Å². The Morgan fingerprint density at radius 3 is 2.23 bits per heavy atom. The molecule has 0 aliphatic rings. The van der Waals surface area contributed by atoms with Crippen molar-refractivity contribution >= 4 is 11.6 Å². The summed E-state index contributed by atoms with van der Waals surface area (Å²) < 4.78 is 5.57. The molecule has 0 bridgehead atoms. The van der Waals surface area contributed by atoms with E-state index in [0.717, 1.165) is 11.3 Å². The van der Waals surface area contributed by atoms with Crippen molar-refractivity contribution in [2.45, 2.75) is 32.4 Å². The van der Waals surface area contributed by atoms with E-state index in [2.05, 4.69) is 5.32 Å². The van der Waals surface area contributed by atoms with Crippen molar-refractivity contribution in [3.63, 3.8) is 0 Å². The lowest BCUT2D eigenvalue weighted by atomic mass is 9.92. The minimum Gasteiger partial charge on any atom is -0.491 e. The second kappa shape index (κ2) is 6.62. The van der Waals surface area contributed by atoms with Gasteiger partial charge in [0.1, 0.15) is 11.3 Å². The van der Waals surface area contributed by atoms with E-state index in [1.54, 1.807) is 19.1 Å². The van der Waals surface area contributed by atoms with Crippen LogP contribution in [0, 0.1) is 0 Å². The zero-order valence-corrected chi connectivity index (χ0v) is 13.2. The normalized spacial score (nSPS) is 13.5. The standard InChI is InChI=1S/C18H22N2O2/c1-13(2)22-16-11-9-15(10-12-16)20-17(21)18(3,19)14-7-5-4-6-8-14/h4-13H,19H2,1-3H3,(H,20,21). The Balaban J connectivity index is 2.08. The maximum Gasteiger partial charge on any atom is 0.248 e. The van der Waals surface area contributed by atoms with Gasteiger partial charge in [-0.25, -0.2) is 0 Å². The molecule has 2 rings (SSSR count). The highest BCUT2D eigenvalue weighted by Crippen LogP contribution is 2.21. The molecule has 116 valence electrons. The Labute approximate surface area is 131 Å². The number of amides is 1.